The first-order chi connectivity index (χ1) is 14.4. The van der Waals surface area contributed by atoms with E-state index >= 15 is 0 Å². The molecule has 3 aromatic carbocycles. The number of nitrogens with zero attached hydrogens (tertiary/aromatic N) is 1. The lowest BCUT2D eigenvalue weighted by Gasteiger charge is -2.28. The fraction of sp³-hybridized carbons (Fsp3) is 0.0909. The van der Waals surface area contributed by atoms with Gasteiger partial charge in [0.1, 0.15) is 0 Å². The normalized spacial score (nSPS) is 16.6. The quantitative estimate of drug-likeness (QED) is 0.574. The average Bonchev–Trinajstić information content (AvgIpc) is 3.05. The fourth-order valence-corrected chi connectivity index (χ4v) is 5.19. The van der Waals surface area contributed by atoms with Gasteiger partial charge in [0, 0.05) is 22.2 Å². The topological polar surface area (TPSA) is 72.6 Å². The summed E-state index contributed by atoms with van der Waals surface area (Å²) in [5.74, 6) is -0.175. The van der Waals surface area contributed by atoms with Crippen LogP contribution in [0, 0.1) is 0 Å². The van der Waals surface area contributed by atoms with Crippen LogP contribution < -0.4 is 5.73 Å². The summed E-state index contributed by atoms with van der Waals surface area (Å²) >= 11 is 12.3. The molecule has 2 N–H and O–H groups in total. The van der Waals surface area contributed by atoms with Crippen molar-refractivity contribution in [1.29, 1.82) is 0 Å². The van der Waals surface area contributed by atoms with Gasteiger partial charge in [0.05, 0.1) is 4.90 Å². The van der Waals surface area contributed by atoms with Gasteiger partial charge in [0.2, 0.25) is 21.9 Å². The van der Waals surface area contributed by atoms with Crippen LogP contribution in [0.3, 0.4) is 0 Å². The van der Waals surface area contributed by atoms with Crippen molar-refractivity contribution in [3.8, 4) is 0 Å². The summed E-state index contributed by atoms with van der Waals surface area (Å²) in [6.45, 7) is 0.263. The Morgan fingerprint density at radius 1 is 0.900 bits per heavy atom. The summed E-state index contributed by atoms with van der Waals surface area (Å²) in [5.41, 5.74) is 7.65. The Labute approximate surface area is 185 Å². The molecular formula is C22H18Cl2N2O3S. The zero-order chi connectivity index (χ0) is 21.3. The Bertz CT molecular complexity index is 1200. The van der Waals surface area contributed by atoms with Gasteiger partial charge in [-0.3, -0.25) is 0 Å². The first-order valence-electron chi connectivity index (χ1n) is 9.10. The number of sulfone groups is 1. The highest BCUT2D eigenvalue weighted by molar-refractivity contribution is 7.95. The standard InChI is InChI=1S/C22H18Cl2N2O3S/c23-16-10-12-17(13-11-16)30(27,28)22-20(25)29-21(18-8-4-5-9-19(18)24)26(22)14-15-6-2-1-3-7-15/h1-13,21H,14,25H2. The SMILES string of the molecule is NC1=C(S(=O)(=O)c2ccc(Cl)cc2)N(Cc2ccccc2)C(c2ccccc2Cl)O1. The van der Waals surface area contributed by atoms with E-state index in [4.69, 9.17) is 33.7 Å². The number of halogens is 2. The first kappa shape index (κ1) is 20.6. The molecule has 1 unspecified atom stereocenters. The van der Waals surface area contributed by atoms with Crippen LogP contribution in [0.5, 0.6) is 0 Å². The van der Waals surface area contributed by atoms with E-state index < -0.39 is 16.1 Å². The van der Waals surface area contributed by atoms with E-state index in [1.54, 1.807) is 23.1 Å². The molecule has 0 spiro atoms. The minimum absolute atomic E-state index is 0.0753. The monoisotopic (exact) mass is 460 g/mol. The van der Waals surface area contributed by atoms with Crippen molar-refractivity contribution in [1.82, 2.24) is 4.90 Å². The average molecular weight is 461 g/mol. The van der Waals surface area contributed by atoms with Crippen LogP contribution in [0.15, 0.2) is 94.7 Å². The second-order valence-electron chi connectivity index (χ2n) is 6.73. The maximum absolute atomic E-state index is 13.5. The number of nitrogens with two attached hydrogens (primary N) is 1. The van der Waals surface area contributed by atoms with Gasteiger partial charge in [-0.1, -0.05) is 71.7 Å². The molecule has 30 heavy (non-hydrogen) atoms. The van der Waals surface area contributed by atoms with Gasteiger partial charge in [0.25, 0.3) is 0 Å². The molecule has 154 valence electrons. The maximum atomic E-state index is 13.5. The van der Waals surface area contributed by atoms with Crippen molar-refractivity contribution < 1.29 is 13.2 Å². The van der Waals surface area contributed by atoms with Crippen molar-refractivity contribution in [3.05, 3.63) is 111 Å². The van der Waals surface area contributed by atoms with Crippen LogP contribution in [0.4, 0.5) is 0 Å². The summed E-state index contributed by atoms with van der Waals surface area (Å²) in [7, 11) is -3.97. The van der Waals surface area contributed by atoms with Gasteiger partial charge in [-0.25, -0.2) is 8.42 Å². The van der Waals surface area contributed by atoms with E-state index in [-0.39, 0.29) is 22.4 Å². The molecular weight excluding hydrogens is 443 g/mol. The smallest absolute Gasteiger partial charge is 0.227 e. The number of ether oxygens (including phenoxy) is 1. The Morgan fingerprint density at radius 2 is 1.53 bits per heavy atom. The Hall–Kier alpha value is -2.67. The van der Waals surface area contributed by atoms with Crippen molar-refractivity contribution in [2.45, 2.75) is 17.7 Å². The molecule has 0 aliphatic carbocycles. The van der Waals surface area contributed by atoms with Crippen LogP contribution >= 0.6 is 23.2 Å². The largest absolute Gasteiger partial charge is 0.449 e. The van der Waals surface area contributed by atoms with Gasteiger partial charge >= 0.3 is 0 Å². The highest BCUT2D eigenvalue weighted by atomic mass is 35.5. The molecule has 8 heteroatoms. The van der Waals surface area contributed by atoms with Crippen molar-refractivity contribution in [2.75, 3.05) is 0 Å². The lowest BCUT2D eigenvalue weighted by atomic mass is 10.1. The number of benzene rings is 3. The van der Waals surface area contributed by atoms with Crippen LogP contribution in [0.1, 0.15) is 17.4 Å². The summed E-state index contributed by atoms with van der Waals surface area (Å²) < 4.78 is 32.8. The van der Waals surface area contributed by atoms with Crippen LogP contribution in [0.25, 0.3) is 0 Å². The first-order valence-corrected chi connectivity index (χ1v) is 11.3. The zero-order valence-electron chi connectivity index (χ0n) is 15.7. The Kier molecular flexibility index (Phi) is 5.64. The van der Waals surface area contributed by atoms with Crippen LogP contribution in [0.2, 0.25) is 10.0 Å². The molecule has 5 nitrogen and oxygen atoms in total. The van der Waals surface area contributed by atoms with Crippen molar-refractivity contribution in [2.24, 2.45) is 5.73 Å². The number of hydrogen-bond donors (Lipinski definition) is 1. The van der Waals surface area contributed by atoms with Gasteiger partial charge in [-0.2, -0.15) is 0 Å². The molecule has 0 aromatic heterocycles. The molecule has 0 radical (unpaired) electrons. The van der Waals surface area contributed by atoms with Crippen molar-refractivity contribution in [3.63, 3.8) is 0 Å². The summed E-state index contributed by atoms with van der Waals surface area (Å²) in [6.07, 6.45) is -0.781. The van der Waals surface area contributed by atoms with E-state index in [1.165, 1.54) is 24.3 Å². The lowest BCUT2D eigenvalue weighted by molar-refractivity contribution is 0.0361. The fourth-order valence-electron chi connectivity index (χ4n) is 3.34. The van der Waals surface area contributed by atoms with E-state index in [2.05, 4.69) is 0 Å². The molecule has 4 rings (SSSR count). The molecule has 0 fully saturated rings. The van der Waals surface area contributed by atoms with Gasteiger partial charge in [0.15, 0.2) is 5.03 Å². The third-order valence-electron chi connectivity index (χ3n) is 4.74. The van der Waals surface area contributed by atoms with E-state index in [9.17, 15) is 8.42 Å². The Morgan fingerprint density at radius 3 is 2.20 bits per heavy atom. The van der Waals surface area contributed by atoms with Crippen LogP contribution in [-0.2, 0) is 21.1 Å². The molecule has 1 atom stereocenters. The van der Waals surface area contributed by atoms with Gasteiger partial charge in [-0.15, -0.1) is 0 Å². The predicted octanol–water partition coefficient (Wildman–Crippen LogP) is 5.08. The molecule has 0 amide bonds. The summed E-state index contributed by atoms with van der Waals surface area (Å²) in [4.78, 5) is 1.70. The molecule has 1 heterocycles. The number of rotatable bonds is 5. The minimum atomic E-state index is -3.97. The highest BCUT2D eigenvalue weighted by Gasteiger charge is 2.42. The lowest BCUT2D eigenvalue weighted by Crippen LogP contribution is -2.28. The van der Waals surface area contributed by atoms with Crippen LogP contribution in [-0.4, -0.2) is 13.3 Å². The van der Waals surface area contributed by atoms with Gasteiger partial charge < -0.3 is 15.4 Å². The molecule has 0 saturated heterocycles. The Balaban J connectivity index is 1.82. The predicted molar refractivity (Wildman–Crippen MR) is 117 cm³/mol. The van der Waals surface area contributed by atoms with E-state index in [0.29, 0.717) is 15.6 Å². The van der Waals surface area contributed by atoms with Crippen molar-refractivity contribution >= 4 is 33.0 Å². The molecule has 1 aliphatic heterocycles. The summed E-state index contributed by atoms with van der Waals surface area (Å²) in [6, 6.07) is 22.5. The van der Waals surface area contributed by atoms with Gasteiger partial charge in [-0.05, 0) is 35.9 Å². The molecule has 0 bridgehead atoms. The molecule has 0 saturated carbocycles. The zero-order valence-corrected chi connectivity index (χ0v) is 18.0. The number of hydrogen-bond acceptors (Lipinski definition) is 5. The second-order valence-corrected chi connectivity index (χ2v) is 9.44. The third kappa shape index (κ3) is 3.86. The minimum Gasteiger partial charge on any atom is -0.449 e. The second kappa shape index (κ2) is 8.22. The third-order valence-corrected chi connectivity index (χ3v) is 7.17. The summed E-state index contributed by atoms with van der Waals surface area (Å²) in [5, 5.41) is 0.797. The maximum Gasteiger partial charge on any atom is 0.227 e. The highest BCUT2D eigenvalue weighted by Crippen LogP contribution is 2.42. The van der Waals surface area contributed by atoms with E-state index in [1.807, 2.05) is 36.4 Å². The van der Waals surface area contributed by atoms with E-state index in [0.717, 1.165) is 5.56 Å². The molecule has 1 aliphatic rings. The molecule has 3 aromatic rings.